The predicted molar refractivity (Wildman–Crippen MR) is 62.5 cm³/mol. The number of aromatic nitrogens is 4. The second kappa shape index (κ2) is 3.52. The molecule has 5 rings (SSSR count). The van der Waals surface area contributed by atoms with Crippen LogP contribution in [0.5, 0.6) is 0 Å². The lowest BCUT2D eigenvalue weighted by Crippen LogP contribution is -2.59. The molecular formula is C12H17N5O. The predicted octanol–water partition coefficient (Wildman–Crippen LogP) is 0.898. The molecule has 0 unspecified atom stereocenters. The lowest BCUT2D eigenvalue weighted by atomic mass is 9.53. The summed E-state index contributed by atoms with van der Waals surface area (Å²) < 4.78 is 0. The first-order valence-electron chi connectivity index (χ1n) is 6.78. The molecule has 0 spiro atoms. The number of nitrogens with one attached hydrogen (secondary N) is 2. The molecule has 1 amide bonds. The molecule has 1 aromatic heterocycles. The second-order valence-corrected chi connectivity index (χ2v) is 6.39. The first kappa shape index (κ1) is 10.5. The van der Waals surface area contributed by atoms with E-state index in [0.717, 1.165) is 37.0 Å². The van der Waals surface area contributed by atoms with Gasteiger partial charge in [-0.05, 0) is 61.5 Å². The largest absolute Gasteiger partial charge is 0.344 e. The molecule has 6 heteroatoms. The monoisotopic (exact) mass is 247 g/mol. The highest BCUT2D eigenvalue weighted by Crippen LogP contribution is 2.55. The number of hydrogen-bond acceptors (Lipinski definition) is 4. The molecule has 0 atom stereocenters. The fraction of sp³-hybridized carbons (Fsp3) is 0.833. The van der Waals surface area contributed by atoms with Crippen LogP contribution in [0.1, 0.15) is 49.1 Å². The van der Waals surface area contributed by atoms with Gasteiger partial charge in [-0.15, -0.1) is 10.2 Å². The summed E-state index contributed by atoms with van der Waals surface area (Å²) in [6, 6.07) is 0. The maximum atomic E-state index is 12.1. The highest BCUT2D eigenvalue weighted by molar-refractivity contribution is 5.90. The Kier molecular flexibility index (Phi) is 2.05. The van der Waals surface area contributed by atoms with E-state index >= 15 is 0 Å². The van der Waals surface area contributed by atoms with Gasteiger partial charge < -0.3 is 5.32 Å². The molecule has 4 aliphatic rings. The minimum atomic E-state index is -0.175. The van der Waals surface area contributed by atoms with Crippen LogP contribution in [0.15, 0.2) is 0 Å². The fourth-order valence-electron chi connectivity index (χ4n) is 4.82. The third kappa shape index (κ3) is 1.54. The van der Waals surface area contributed by atoms with Gasteiger partial charge in [0.25, 0.3) is 11.7 Å². The van der Waals surface area contributed by atoms with E-state index in [1.54, 1.807) is 0 Å². The van der Waals surface area contributed by atoms with Crippen molar-refractivity contribution in [1.29, 1.82) is 0 Å². The number of H-pyrrole nitrogens is 1. The number of carbonyl (C=O) groups excluding carboxylic acids is 1. The van der Waals surface area contributed by atoms with Crippen molar-refractivity contribution >= 4 is 5.91 Å². The molecule has 4 bridgehead atoms. The Hall–Kier alpha value is -1.46. The van der Waals surface area contributed by atoms with E-state index in [2.05, 4.69) is 25.9 Å². The molecule has 2 N–H and O–H groups in total. The minimum absolute atomic E-state index is 0.0203. The van der Waals surface area contributed by atoms with Gasteiger partial charge >= 0.3 is 0 Å². The number of nitrogens with zero attached hydrogens (tertiary/aromatic N) is 3. The molecule has 6 nitrogen and oxygen atoms in total. The summed E-state index contributed by atoms with van der Waals surface area (Å²) in [5, 5.41) is 16.5. The van der Waals surface area contributed by atoms with Gasteiger partial charge in [0.15, 0.2) is 0 Å². The number of rotatable bonds is 2. The third-order valence-corrected chi connectivity index (χ3v) is 4.97. The summed E-state index contributed by atoms with van der Waals surface area (Å²) in [5.41, 5.74) is 0.0203. The summed E-state index contributed by atoms with van der Waals surface area (Å²) in [4.78, 5) is 12.1. The molecule has 18 heavy (non-hydrogen) atoms. The van der Waals surface area contributed by atoms with E-state index in [9.17, 15) is 4.79 Å². The molecular weight excluding hydrogens is 230 g/mol. The number of amides is 1. The summed E-state index contributed by atoms with van der Waals surface area (Å²) >= 11 is 0. The number of hydrogen-bond donors (Lipinski definition) is 2. The first-order chi connectivity index (χ1) is 8.72. The standard InChI is InChI=1S/C12H17N5O/c18-11(10-14-16-17-15-10)13-12-4-7-1-8(5-12)3-9(2-7)6-12/h7-9H,1-6H2,(H,13,18)(H,14,15,16,17). The van der Waals surface area contributed by atoms with Crippen molar-refractivity contribution in [3.63, 3.8) is 0 Å². The molecule has 0 radical (unpaired) electrons. The van der Waals surface area contributed by atoms with Crippen LogP contribution in [0.3, 0.4) is 0 Å². The normalized spacial score (nSPS) is 41.0. The highest BCUT2D eigenvalue weighted by atomic mass is 16.2. The molecule has 0 aliphatic heterocycles. The second-order valence-electron chi connectivity index (χ2n) is 6.39. The molecule has 1 heterocycles. The van der Waals surface area contributed by atoms with Crippen molar-refractivity contribution in [3.05, 3.63) is 5.82 Å². The third-order valence-electron chi connectivity index (χ3n) is 4.97. The van der Waals surface area contributed by atoms with Gasteiger partial charge in [-0.1, -0.05) is 0 Å². The number of carbonyl (C=O) groups is 1. The summed E-state index contributed by atoms with van der Waals surface area (Å²) in [6.45, 7) is 0. The lowest BCUT2D eigenvalue weighted by molar-refractivity contribution is -0.0168. The van der Waals surface area contributed by atoms with E-state index in [1.165, 1.54) is 19.3 Å². The van der Waals surface area contributed by atoms with Gasteiger partial charge in [0.05, 0.1) is 0 Å². The molecule has 4 aliphatic carbocycles. The zero-order valence-electron chi connectivity index (χ0n) is 10.2. The van der Waals surface area contributed by atoms with Crippen LogP contribution < -0.4 is 5.32 Å². The molecule has 1 aromatic rings. The zero-order chi connectivity index (χ0) is 12.2. The maximum absolute atomic E-state index is 12.1. The van der Waals surface area contributed by atoms with Crippen molar-refractivity contribution in [2.45, 2.75) is 44.1 Å². The van der Waals surface area contributed by atoms with E-state index in [-0.39, 0.29) is 17.3 Å². The Morgan fingerprint density at radius 3 is 2.28 bits per heavy atom. The van der Waals surface area contributed by atoms with Crippen LogP contribution in [0.2, 0.25) is 0 Å². The Morgan fingerprint density at radius 1 is 1.17 bits per heavy atom. The average Bonchev–Trinajstić information content (AvgIpc) is 2.79. The van der Waals surface area contributed by atoms with Crippen molar-refractivity contribution in [1.82, 2.24) is 25.9 Å². The van der Waals surface area contributed by atoms with Crippen molar-refractivity contribution in [2.24, 2.45) is 17.8 Å². The summed E-state index contributed by atoms with van der Waals surface area (Å²) in [5.74, 6) is 2.45. The Morgan fingerprint density at radius 2 is 1.78 bits per heavy atom. The van der Waals surface area contributed by atoms with E-state index in [0.29, 0.717) is 0 Å². The Balaban J connectivity index is 1.56. The number of tetrazole rings is 1. The van der Waals surface area contributed by atoms with Gasteiger partial charge in [-0.2, -0.15) is 5.21 Å². The first-order valence-corrected chi connectivity index (χ1v) is 6.78. The smallest absolute Gasteiger partial charge is 0.293 e. The van der Waals surface area contributed by atoms with Crippen LogP contribution in [0.25, 0.3) is 0 Å². The maximum Gasteiger partial charge on any atom is 0.293 e. The van der Waals surface area contributed by atoms with Crippen LogP contribution in [-0.2, 0) is 0 Å². The van der Waals surface area contributed by atoms with Gasteiger partial charge in [-0.25, -0.2) is 0 Å². The van der Waals surface area contributed by atoms with Crippen LogP contribution in [0.4, 0.5) is 0 Å². The fourth-order valence-corrected chi connectivity index (χ4v) is 4.82. The average molecular weight is 247 g/mol. The van der Waals surface area contributed by atoms with Crippen molar-refractivity contribution < 1.29 is 4.79 Å². The minimum Gasteiger partial charge on any atom is -0.344 e. The summed E-state index contributed by atoms with van der Waals surface area (Å²) in [7, 11) is 0. The topological polar surface area (TPSA) is 83.6 Å². The summed E-state index contributed by atoms with van der Waals surface area (Å²) in [6.07, 6.45) is 7.54. The number of aromatic amines is 1. The lowest BCUT2D eigenvalue weighted by Gasteiger charge is -2.56. The van der Waals surface area contributed by atoms with Gasteiger partial charge in [0.2, 0.25) is 0 Å². The van der Waals surface area contributed by atoms with E-state index < -0.39 is 0 Å². The Labute approximate surface area is 105 Å². The SMILES string of the molecule is O=C(NC12CC3CC(CC(C3)C1)C2)c1nn[nH]n1. The zero-order valence-corrected chi connectivity index (χ0v) is 10.2. The van der Waals surface area contributed by atoms with Gasteiger partial charge in [0.1, 0.15) is 0 Å². The van der Waals surface area contributed by atoms with Gasteiger partial charge in [0, 0.05) is 5.54 Å². The molecule has 0 aromatic carbocycles. The molecule has 0 saturated heterocycles. The molecule has 4 fully saturated rings. The van der Waals surface area contributed by atoms with Crippen LogP contribution in [0, 0.1) is 17.8 Å². The molecule has 4 saturated carbocycles. The van der Waals surface area contributed by atoms with Crippen LogP contribution in [-0.4, -0.2) is 32.1 Å². The van der Waals surface area contributed by atoms with E-state index in [1.807, 2.05) is 0 Å². The highest BCUT2D eigenvalue weighted by Gasteiger charge is 2.51. The van der Waals surface area contributed by atoms with Gasteiger partial charge in [-0.3, -0.25) is 4.79 Å². The van der Waals surface area contributed by atoms with E-state index in [4.69, 9.17) is 0 Å². The Bertz CT molecular complexity index is 434. The quantitative estimate of drug-likeness (QED) is 0.813. The van der Waals surface area contributed by atoms with Crippen molar-refractivity contribution in [3.8, 4) is 0 Å². The molecule has 96 valence electrons. The van der Waals surface area contributed by atoms with Crippen LogP contribution >= 0.6 is 0 Å². The van der Waals surface area contributed by atoms with Crippen molar-refractivity contribution in [2.75, 3.05) is 0 Å².